The van der Waals surface area contributed by atoms with Crippen LogP contribution in [0, 0.1) is 0 Å². The molecule has 0 unspecified atom stereocenters. The first-order valence-corrected chi connectivity index (χ1v) is 8.15. The monoisotopic (exact) mass is 313 g/mol. The molecule has 0 amide bonds. The van der Waals surface area contributed by atoms with Gasteiger partial charge in [0.05, 0.1) is 11.2 Å². The number of pyridine rings is 1. The molecule has 0 aliphatic rings. The third kappa shape index (κ3) is 2.42. The van der Waals surface area contributed by atoms with Crippen molar-refractivity contribution in [1.29, 1.82) is 0 Å². The molecule has 118 valence electrons. The quantitative estimate of drug-likeness (QED) is 0.457. The molecule has 0 saturated heterocycles. The highest BCUT2D eigenvalue weighted by molar-refractivity contribution is 6.08. The summed E-state index contributed by atoms with van der Waals surface area (Å²) in [5.41, 5.74) is 2.64. The summed E-state index contributed by atoms with van der Waals surface area (Å²) >= 11 is 0. The number of aromatic nitrogens is 3. The molecule has 0 fully saturated rings. The number of hydrogen-bond donors (Lipinski definition) is 0. The summed E-state index contributed by atoms with van der Waals surface area (Å²) in [6.45, 7) is 6.42. The van der Waals surface area contributed by atoms with Crippen LogP contribution in [0.5, 0.6) is 0 Å². The van der Waals surface area contributed by atoms with Gasteiger partial charge in [0.1, 0.15) is 11.5 Å². The lowest BCUT2D eigenvalue weighted by molar-refractivity contribution is 0.549. The fourth-order valence-electron chi connectivity index (χ4n) is 2.90. The van der Waals surface area contributed by atoms with Gasteiger partial charge in [0, 0.05) is 22.4 Å². The van der Waals surface area contributed by atoms with Crippen molar-refractivity contribution in [2.24, 2.45) is 0 Å². The predicted molar refractivity (Wildman–Crippen MR) is 99.0 cm³/mol. The number of hydrogen-bond acceptors (Lipinski definition) is 3. The van der Waals surface area contributed by atoms with Gasteiger partial charge in [-0.05, 0) is 23.6 Å². The molecule has 0 bridgehead atoms. The van der Waals surface area contributed by atoms with Crippen molar-refractivity contribution in [2.75, 3.05) is 0 Å². The number of benzene rings is 2. The van der Waals surface area contributed by atoms with Crippen LogP contribution < -0.4 is 0 Å². The van der Waals surface area contributed by atoms with Crippen LogP contribution in [0.25, 0.3) is 33.1 Å². The molecule has 0 N–H and O–H groups in total. The maximum Gasteiger partial charge on any atom is 0.135 e. The lowest BCUT2D eigenvalue weighted by Gasteiger charge is -2.19. The highest BCUT2D eigenvalue weighted by atomic mass is 14.9. The van der Waals surface area contributed by atoms with Gasteiger partial charge < -0.3 is 0 Å². The van der Waals surface area contributed by atoms with Gasteiger partial charge >= 0.3 is 0 Å². The van der Waals surface area contributed by atoms with Gasteiger partial charge in [-0.1, -0.05) is 57.2 Å². The zero-order chi connectivity index (χ0) is 16.7. The van der Waals surface area contributed by atoms with Crippen molar-refractivity contribution in [3.8, 4) is 11.4 Å². The third-order valence-electron chi connectivity index (χ3n) is 4.17. The molecule has 4 rings (SSSR count). The Kier molecular flexibility index (Phi) is 3.31. The van der Waals surface area contributed by atoms with Crippen LogP contribution in [0.4, 0.5) is 0 Å². The van der Waals surface area contributed by atoms with E-state index in [1.165, 1.54) is 5.39 Å². The summed E-state index contributed by atoms with van der Waals surface area (Å²) in [5, 5.41) is 3.39. The second-order valence-corrected chi connectivity index (χ2v) is 7.04. The van der Waals surface area contributed by atoms with Crippen LogP contribution in [-0.4, -0.2) is 15.0 Å². The van der Waals surface area contributed by atoms with Gasteiger partial charge in [-0.15, -0.1) is 0 Å². The fourth-order valence-corrected chi connectivity index (χ4v) is 2.90. The average molecular weight is 313 g/mol. The van der Waals surface area contributed by atoms with Crippen molar-refractivity contribution in [2.45, 2.75) is 26.2 Å². The molecule has 0 aliphatic heterocycles. The average Bonchev–Trinajstić information content (AvgIpc) is 2.60. The molecule has 0 radical (unpaired) electrons. The second-order valence-electron chi connectivity index (χ2n) is 7.04. The molecule has 2 heterocycles. The minimum atomic E-state index is -0.130. The van der Waals surface area contributed by atoms with Crippen LogP contribution in [0.1, 0.15) is 26.6 Å². The molecular formula is C21H19N3. The Balaban J connectivity index is 2.16. The first-order valence-electron chi connectivity index (χ1n) is 8.15. The van der Waals surface area contributed by atoms with Crippen molar-refractivity contribution < 1.29 is 0 Å². The van der Waals surface area contributed by atoms with Crippen LogP contribution in [-0.2, 0) is 5.41 Å². The van der Waals surface area contributed by atoms with Gasteiger partial charge in [-0.3, -0.25) is 4.98 Å². The van der Waals surface area contributed by atoms with Crippen molar-refractivity contribution >= 4 is 21.7 Å². The second kappa shape index (κ2) is 5.38. The Labute approximate surface area is 141 Å². The zero-order valence-corrected chi connectivity index (χ0v) is 14.1. The van der Waals surface area contributed by atoms with Gasteiger partial charge in [-0.2, -0.15) is 0 Å². The van der Waals surface area contributed by atoms with Crippen LogP contribution in [0.15, 0.2) is 60.8 Å². The molecule has 3 nitrogen and oxygen atoms in total. The summed E-state index contributed by atoms with van der Waals surface area (Å²) < 4.78 is 0. The van der Waals surface area contributed by atoms with E-state index in [9.17, 15) is 0 Å². The number of fused-ring (bicyclic) bond motifs is 3. The smallest absolute Gasteiger partial charge is 0.135 e. The lowest BCUT2D eigenvalue weighted by Crippen LogP contribution is -2.16. The maximum atomic E-state index is 4.92. The largest absolute Gasteiger partial charge is 0.255 e. The molecule has 0 saturated carbocycles. The molecule has 2 aromatic carbocycles. The van der Waals surface area contributed by atoms with E-state index in [1.54, 1.807) is 6.20 Å². The third-order valence-corrected chi connectivity index (χ3v) is 4.17. The first-order chi connectivity index (χ1) is 11.5. The van der Waals surface area contributed by atoms with Gasteiger partial charge in [-0.25, -0.2) is 9.97 Å². The van der Waals surface area contributed by atoms with Crippen LogP contribution >= 0.6 is 0 Å². The van der Waals surface area contributed by atoms with Crippen molar-refractivity contribution in [3.05, 3.63) is 66.6 Å². The molecule has 2 aromatic heterocycles. The molecule has 3 heteroatoms. The van der Waals surface area contributed by atoms with E-state index in [1.807, 2.05) is 18.2 Å². The summed E-state index contributed by atoms with van der Waals surface area (Å²) in [6, 6.07) is 18.5. The molecule has 0 atom stereocenters. The molecule has 0 aliphatic carbocycles. The Morgan fingerprint density at radius 1 is 0.750 bits per heavy atom. The highest BCUT2D eigenvalue weighted by Gasteiger charge is 2.21. The van der Waals surface area contributed by atoms with Gasteiger partial charge in [0.2, 0.25) is 0 Å². The lowest BCUT2D eigenvalue weighted by atomic mass is 9.94. The summed E-state index contributed by atoms with van der Waals surface area (Å²) in [5.74, 6) is 0.840. The predicted octanol–water partition coefficient (Wildman–Crippen LogP) is 5.14. The molecule has 0 spiro atoms. The van der Waals surface area contributed by atoms with Gasteiger partial charge in [0.15, 0.2) is 0 Å². The van der Waals surface area contributed by atoms with Crippen LogP contribution in [0.2, 0.25) is 0 Å². The molecule has 4 aromatic rings. The Bertz CT molecular complexity index is 1030. The number of nitrogens with zero attached hydrogens (tertiary/aromatic N) is 3. The van der Waals surface area contributed by atoms with Crippen molar-refractivity contribution in [3.63, 3.8) is 0 Å². The standard InChI is InChI=1S/C21H19N3/c1-21(2,3)20-23-18-15-9-5-4-8-14(15)11-12-16(18)19(24-20)17-10-6-7-13-22-17/h4-13H,1-3H3. The van der Waals surface area contributed by atoms with E-state index >= 15 is 0 Å². The van der Waals surface area contributed by atoms with Crippen LogP contribution in [0.3, 0.4) is 0 Å². The molecular weight excluding hydrogens is 294 g/mol. The first kappa shape index (κ1) is 14.8. The minimum Gasteiger partial charge on any atom is -0.255 e. The highest BCUT2D eigenvalue weighted by Crippen LogP contribution is 2.32. The Morgan fingerprint density at radius 3 is 2.29 bits per heavy atom. The van der Waals surface area contributed by atoms with Crippen molar-refractivity contribution in [1.82, 2.24) is 15.0 Å². The minimum absolute atomic E-state index is 0.130. The van der Waals surface area contributed by atoms with E-state index in [0.717, 1.165) is 33.5 Å². The summed E-state index contributed by atoms with van der Waals surface area (Å²) in [7, 11) is 0. The zero-order valence-electron chi connectivity index (χ0n) is 14.1. The Morgan fingerprint density at radius 2 is 1.54 bits per heavy atom. The normalized spacial score (nSPS) is 12.0. The fraction of sp³-hybridized carbons (Fsp3) is 0.190. The van der Waals surface area contributed by atoms with E-state index < -0.39 is 0 Å². The number of rotatable bonds is 1. The SMILES string of the molecule is CC(C)(C)c1nc(-c2ccccn2)c2ccc3ccccc3c2n1. The van der Waals surface area contributed by atoms with Gasteiger partial charge in [0.25, 0.3) is 0 Å². The summed E-state index contributed by atoms with van der Waals surface area (Å²) in [4.78, 5) is 14.3. The molecule has 24 heavy (non-hydrogen) atoms. The summed E-state index contributed by atoms with van der Waals surface area (Å²) in [6.07, 6.45) is 1.81. The van der Waals surface area contributed by atoms with E-state index in [-0.39, 0.29) is 5.41 Å². The van der Waals surface area contributed by atoms with E-state index in [0.29, 0.717) is 0 Å². The topological polar surface area (TPSA) is 38.7 Å². The van der Waals surface area contributed by atoms with E-state index in [2.05, 4.69) is 62.2 Å². The Hall–Kier alpha value is -2.81. The maximum absolute atomic E-state index is 4.92. The van der Waals surface area contributed by atoms with E-state index in [4.69, 9.17) is 9.97 Å².